The molecule has 0 aromatic heterocycles. The number of rotatable bonds is 0. The summed E-state index contributed by atoms with van der Waals surface area (Å²) in [4.78, 5) is 8.76. The van der Waals surface area contributed by atoms with Crippen LogP contribution in [0.2, 0.25) is 0 Å². The van der Waals surface area contributed by atoms with Crippen molar-refractivity contribution in [2.45, 2.75) is 6.42 Å². The molecule has 0 atom stereocenters. The first-order chi connectivity index (χ1) is 6.43. The molecule has 6 heteroatoms. The van der Waals surface area contributed by atoms with E-state index >= 15 is 0 Å². The molecule has 3 aliphatic heterocycles. The summed E-state index contributed by atoms with van der Waals surface area (Å²) < 4.78 is 0. The van der Waals surface area contributed by atoms with Gasteiger partial charge in [-0.3, -0.25) is 20.8 Å². The average Bonchev–Trinajstić information content (AvgIpc) is 2.61. The highest BCUT2D eigenvalue weighted by molar-refractivity contribution is 6.46. The maximum atomic E-state index is 4.40. The number of nitrogens with one attached hydrogen (secondary N) is 2. The van der Waals surface area contributed by atoms with E-state index in [1.54, 1.807) is 0 Å². The lowest BCUT2D eigenvalue weighted by atomic mass is 10.2. The van der Waals surface area contributed by atoms with Gasteiger partial charge in [0.2, 0.25) is 0 Å². The second-order valence-electron chi connectivity index (χ2n) is 3.12. The number of amidine groups is 2. The number of fused-ring (bicyclic) bond motifs is 2. The van der Waals surface area contributed by atoms with Gasteiger partial charge in [0.05, 0.1) is 25.2 Å². The summed E-state index contributed by atoms with van der Waals surface area (Å²) in [7, 11) is 0. The Morgan fingerprint density at radius 1 is 1.23 bits per heavy atom. The number of nitrogens with zero attached hydrogens (tertiary/aromatic N) is 4. The largest absolute Gasteiger partial charge is 0.287 e. The minimum atomic E-state index is 0.710. The molecule has 0 aliphatic carbocycles. The highest BCUT2D eigenvalue weighted by Crippen LogP contribution is 2.09. The molecule has 2 N–H and O–H groups in total. The summed E-state index contributed by atoms with van der Waals surface area (Å²) in [6.07, 6.45) is 0.791. The van der Waals surface area contributed by atoms with Crippen LogP contribution in [0.25, 0.3) is 0 Å². The fraction of sp³-hybridized carbons (Fsp3) is 0.571. The van der Waals surface area contributed by atoms with Crippen LogP contribution < -0.4 is 10.9 Å². The molecule has 13 heavy (non-hydrogen) atoms. The van der Waals surface area contributed by atoms with Gasteiger partial charge in [0.15, 0.2) is 11.7 Å². The Morgan fingerprint density at radius 3 is 3.15 bits per heavy atom. The second-order valence-corrected chi connectivity index (χ2v) is 3.12. The van der Waals surface area contributed by atoms with Crippen LogP contribution in [-0.4, -0.2) is 42.2 Å². The molecule has 3 rings (SSSR count). The van der Waals surface area contributed by atoms with Crippen molar-refractivity contribution in [3.05, 3.63) is 0 Å². The molecule has 0 spiro atoms. The van der Waals surface area contributed by atoms with Crippen LogP contribution in [0.3, 0.4) is 0 Å². The SMILES string of the molecule is C1CN=C2NN3CNN=C3CC2=N1. The molecule has 3 heterocycles. The lowest BCUT2D eigenvalue weighted by Gasteiger charge is -2.29. The number of hydrogen-bond acceptors (Lipinski definition) is 6. The smallest absolute Gasteiger partial charge is 0.162 e. The molecule has 0 bridgehead atoms. The summed E-state index contributed by atoms with van der Waals surface area (Å²) in [5, 5.41) is 6.10. The van der Waals surface area contributed by atoms with Crippen LogP contribution in [0.4, 0.5) is 0 Å². The van der Waals surface area contributed by atoms with E-state index in [0.29, 0.717) is 6.67 Å². The van der Waals surface area contributed by atoms with Crippen molar-refractivity contribution in [3.8, 4) is 0 Å². The third kappa shape index (κ3) is 0.980. The first-order valence-electron chi connectivity index (χ1n) is 4.35. The fourth-order valence-corrected chi connectivity index (χ4v) is 1.62. The Hall–Kier alpha value is -1.59. The van der Waals surface area contributed by atoms with Crippen molar-refractivity contribution in [2.24, 2.45) is 15.1 Å². The van der Waals surface area contributed by atoms with Crippen molar-refractivity contribution in [3.63, 3.8) is 0 Å². The van der Waals surface area contributed by atoms with Crippen LogP contribution in [0.1, 0.15) is 6.42 Å². The van der Waals surface area contributed by atoms with Gasteiger partial charge in [-0.1, -0.05) is 0 Å². The molecule has 68 valence electrons. The quantitative estimate of drug-likeness (QED) is 0.496. The predicted octanol–water partition coefficient (Wildman–Crippen LogP) is -1.08. The third-order valence-corrected chi connectivity index (χ3v) is 2.26. The lowest BCUT2D eigenvalue weighted by molar-refractivity contribution is 0.377. The van der Waals surface area contributed by atoms with Crippen LogP contribution >= 0.6 is 0 Å². The molecule has 0 aromatic rings. The number of aliphatic imine (C=N–C) groups is 2. The summed E-state index contributed by atoms with van der Waals surface area (Å²) in [6.45, 7) is 2.31. The Morgan fingerprint density at radius 2 is 2.15 bits per heavy atom. The van der Waals surface area contributed by atoms with E-state index in [1.165, 1.54) is 0 Å². The van der Waals surface area contributed by atoms with E-state index in [0.717, 1.165) is 36.9 Å². The van der Waals surface area contributed by atoms with Crippen LogP contribution in [-0.2, 0) is 0 Å². The van der Waals surface area contributed by atoms with E-state index < -0.39 is 0 Å². The van der Waals surface area contributed by atoms with Gasteiger partial charge in [-0.25, -0.2) is 5.01 Å². The van der Waals surface area contributed by atoms with Gasteiger partial charge >= 0.3 is 0 Å². The molecular weight excluding hydrogens is 168 g/mol. The van der Waals surface area contributed by atoms with E-state index in [1.807, 2.05) is 5.01 Å². The van der Waals surface area contributed by atoms with E-state index in [-0.39, 0.29) is 0 Å². The Kier molecular flexibility index (Phi) is 1.29. The second kappa shape index (κ2) is 2.45. The first kappa shape index (κ1) is 6.88. The van der Waals surface area contributed by atoms with Gasteiger partial charge in [0.1, 0.15) is 6.67 Å². The van der Waals surface area contributed by atoms with Gasteiger partial charge in [-0.15, -0.1) is 0 Å². The van der Waals surface area contributed by atoms with Gasteiger partial charge in [-0.2, -0.15) is 5.10 Å². The molecular formula is C7H10N6. The van der Waals surface area contributed by atoms with Crippen molar-refractivity contribution in [1.29, 1.82) is 0 Å². The Labute approximate surface area is 75.4 Å². The zero-order valence-electron chi connectivity index (χ0n) is 7.12. The number of hydrazine groups is 1. The van der Waals surface area contributed by atoms with Crippen molar-refractivity contribution in [1.82, 2.24) is 15.9 Å². The van der Waals surface area contributed by atoms with E-state index in [9.17, 15) is 0 Å². The highest BCUT2D eigenvalue weighted by atomic mass is 15.7. The summed E-state index contributed by atoms with van der Waals surface area (Å²) >= 11 is 0. The molecule has 0 saturated carbocycles. The lowest BCUT2D eigenvalue weighted by Crippen LogP contribution is -2.54. The molecule has 3 aliphatic rings. The normalized spacial score (nSPS) is 24.6. The third-order valence-electron chi connectivity index (χ3n) is 2.26. The summed E-state index contributed by atoms with van der Waals surface area (Å²) in [5.41, 5.74) is 7.12. The first-order valence-corrected chi connectivity index (χ1v) is 4.35. The maximum Gasteiger partial charge on any atom is 0.162 e. The topological polar surface area (TPSA) is 64.4 Å². The van der Waals surface area contributed by atoms with Crippen LogP contribution in [0, 0.1) is 0 Å². The summed E-state index contributed by atoms with van der Waals surface area (Å²) in [5.74, 6) is 1.91. The van der Waals surface area contributed by atoms with Crippen molar-refractivity contribution in [2.75, 3.05) is 19.8 Å². The molecule has 0 aromatic carbocycles. The molecule has 6 nitrogen and oxygen atoms in total. The molecule has 1 saturated heterocycles. The van der Waals surface area contributed by atoms with Gasteiger partial charge in [-0.05, 0) is 0 Å². The van der Waals surface area contributed by atoms with Crippen molar-refractivity contribution >= 4 is 17.4 Å². The Balaban J connectivity index is 1.93. The number of hydrogen-bond donors (Lipinski definition) is 2. The fourth-order valence-electron chi connectivity index (χ4n) is 1.62. The van der Waals surface area contributed by atoms with E-state index in [4.69, 9.17) is 0 Å². The standard InChI is InChI=1S/C7H10N6/c1-2-9-7-5(8-1)3-6-11-10-4-13(6)12-7/h10H,1-4H2,(H,9,12). The minimum absolute atomic E-state index is 0.710. The minimum Gasteiger partial charge on any atom is -0.287 e. The zero-order valence-corrected chi connectivity index (χ0v) is 7.12. The van der Waals surface area contributed by atoms with Crippen LogP contribution in [0.5, 0.6) is 0 Å². The summed E-state index contributed by atoms with van der Waals surface area (Å²) in [6, 6.07) is 0. The maximum absolute atomic E-state index is 4.40. The van der Waals surface area contributed by atoms with E-state index in [2.05, 4.69) is 25.9 Å². The van der Waals surface area contributed by atoms with Gasteiger partial charge < -0.3 is 0 Å². The van der Waals surface area contributed by atoms with Crippen molar-refractivity contribution < 1.29 is 0 Å². The van der Waals surface area contributed by atoms with Crippen LogP contribution in [0.15, 0.2) is 15.1 Å². The number of hydrazone groups is 1. The van der Waals surface area contributed by atoms with Gasteiger partial charge in [0, 0.05) is 0 Å². The molecule has 1 fully saturated rings. The predicted molar refractivity (Wildman–Crippen MR) is 49.6 cm³/mol. The highest BCUT2D eigenvalue weighted by Gasteiger charge is 2.28. The average molecular weight is 178 g/mol. The zero-order chi connectivity index (χ0) is 8.67. The molecule has 0 radical (unpaired) electrons. The molecule has 0 amide bonds. The monoisotopic (exact) mass is 178 g/mol. The molecule has 0 unspecified atom stereocenters. The van der Waals surface area contributed by atoms with Gasteiger partial charge in [0.25, 0.3) is 0 Å². The Bertz CT molecular complexity index is 328.